The van der Waals surface area contributed by atoms with Crippen LogP contribution in [0.2, 0.25) is 0 Å². The molecule has 0 aliphatic rings. The van der Waals surface area contributed by atoms with E-state index >= 15 is 0 Å². The minimum atomic E-state index is 0.158. The van der Waals surface area contributed by atoms with Gasteiger partial charge in [0.15, 0.2) is 0 Å². The molecule has 0 bridgehead atoms. The molecule has 1 N–H and O–H groups in total. The van der Waals surface area contributed by atoms with Gasteiger partial charge in [0.05, 0.1) is 22.4 Å². The normalized spacial score (nSPS) is 14.4. The van der Waals surface area contributed by atoms with Gasteiger partial charge in [0.1, 0.15) is 0 Å². The van der Waals surface area contributed by atoms with E-state index < -0.39 is 0 Å². The lowest BCUT2D eigenvalue weighted by atomic mass is 9.84. The van der Waals surface area contributed by atoms with Crippen LogP contribution in [0.15, 0.2) is 10.7 Å². The molecule has 0 radical (unpaired) electrons. The van der Waals surface area contributed by atoms with E-state index in [2.05, 4.69) is 72.6 Å². The molecule has 4 heteroatoms. The van der Waals surface area contributed by atoms with Crippen LogP contribution in [0.1, 0.15) is 59.3 Å². The second kappa shape index (κ2) is 5.53. The lowest BCUT2D eigenvalue weighted by Gasteiger charge is -2.33. The Bertz CT molecular complexity index is 363. The fraction of sp³-hybridized carbons (Fsp3) is 0.769. The molecule has 1 atom stereocenters. The van der Waals surface area contributed by atoms with Crippen molar-refractivity contribution in [3.05, 3.63) is 16.4 Å². The molecule has 1 rings (SSSR count). The van der Waals surface area contributed by atoms with Crippen molar-refractivity contribution >= 4 is 15.9 Å². The molecule has 1 unspecified atom stereocenters. The number of aromatic nitrogens is 2. The second-order valence-corrected chi connectivity index (χ2v) is 6.63. The van der Waals surface area contributed by atoms with Crippen molar-refractivity contribution in [2.75, 3.05) is 6.54 Å². The van der Waals surface area contributed by atoms with Gasteiger partial charge < -0.3 is 5.32 Å². The summed E-state index contributed by atoms with van der Waals surface area (Å²) in [6.07, 6.45) is 1.89. The van der Waals surface area contributed by atoms with Crippen molar-refractivity contribution in [2.45, 2.75) is 53.6 Å². The first-order chi connectivity index (χ1) is 7.79. The van der Waals surface area contributed by atoms with Crippen LogP contribution >= 0.6 is 15.9 Å². The molecular weight excluding hydrogens is 278 g/mol. The van der Waals surface area contributed by atoms with Crippen molar-refractivity contribution in [1.82, 2.24) is 15.1 Å². The van der Waals surface area contributed by atoms with E-state index in [-0.39, 0.29) is 5.41 Å². The van der Waals surface area contributed by atoms with Gasteiger partial charge in [0.25, 0.3) is 0 Å². The molecule has 0 fully saturated rings. The third kappa shape index (κ3) is 3.32. The Hall–Kier alpha value is -0.350. The molecule has 1 heterocycles. The minimum absolute atomic E-state index is 0.158. The fourth-order valence-corrected chi connectivity index (χ4v) is 2.55. The quantitative estimate of drug-likeness (QED) is 0.913. The predicted molar refractivity (Wildman–Crippen MR) is 76.2 cm³/mol. The van der Waals surface area contributed by atoms with Crippen molar-refractivity contribution in [3.63, 3.8) is 0 Å². The molecular formula is C13H24BrN3. The molecule has 1 aromatic rings. The average Bonchev–Trinajstić information content (AvgIpc) is 2.55. The van der Waals surface area contributed by atoms with Crippen molar-refractivity contribution in [1.29, 1.82) is 0 Å². The first-order valence-electron chi connectivity index (χ1n) is 6.25. The first kappa shape index (κ1) is 14.7. The van der Waals surface area contributed by atoms with E-state index in [1.54, 1.807) is 0 Å². The lowest BCUT2D eigenvalue weighted by Crippen LogP contribution is -2.34. The smallest absolute Gasteiger partial charge is 0.0704 e. The Labute approximate surface area is 113 Å². The van der Waals surface area contributed by atoms with Crippen LogP contribution in [0.25, 0.3) is 0 Å². The number of hydrogen-bond acceptors (Lipinski definition) is 2. The highest BCUT2D eigenvalue weighted by Gasteiger charge is 2.30. The van der Waals surface area contributed by atoms with E-state index in [0.29, 0.717) is 12.1 Å². The van der Waals surface area contributed by atoms with E-state index in [4.69, 9.17) is 0 Å². The number of halogens is 1. The maximum absolute atomic E-state index is 4.46. The SMILES string of the molecule is CCNC(c1c(Br)cnn1C(C)C)C(C)(C)C. The highest BCUT2D eigenvalue weighted by atomic mass is 79.9. The topological polar surface area (TPSA) is 29.9 Å². The summed E-state index contributed by atoms with van der Waals surface area (Å²) in [4.78, 5) is 0. The molecule has 0 aromatic carbocycles. The molecule has 0 saturated heterocycles. The third-order valence-electron chi connectivity index (χ3n) is 2.82. The summed E-state index contributed by atoms with van der Waals surface area (Å²) in [7, 11) is 0. The Kier molecular flexibility index (Phi) is 4.78. The van der Waals surface area contributed by atoms with Crippen LogP contribution in [0, 0.1) is 5.41 Å². The summed E-state index contributed by atoms with van der Waals surface area (Å²) < 4.78 is 3.19. The predicted octanol–water partition coefficient (Wildman–Crippen LogP) is 3.92. The van der Waals surface area contributed by atoms with Crippen LogP contribution in [0.5, 0.6) is 0 Å². The molecule has 0 saturated carbocycles. The molecule has 3 nitrogen and oxygen atoms in total. The van der Waals surface area contributed by atoms with Gasteiger partial charge in [0, 0.05) is 6.04 Å². The second-order valence-electron chi connectivity index (χ2n) is 5.77. The zero-order valence-electron chi connectivity index (χ0n) is 11.7. The van der Waals surface area contributed by atoms with E-state index in [9.17, 15) is 0 Å². The molecule has 1 aromatic heterocycles. The highest BCUT2D eigenvalue weighted by molar-refractivity contribution is 9.10. The van der Waals surface area contributed by atoms with Crippen molar-refractivity contribution < 1.29 is 0 Å². The summed E-state index contributed by atoms with van der Waals surface area (Å²) in [6, 6.07) is 0.673. The van der Waals surface area contributed by atoms with Crippen LogP contribution in [-0.4, -0.2) is 16.3 Å². The zero-order valence-corrected chi connectivity index (χ0v) is 13.3. The molecule has 0 aliphatic heterocycles. The van der Waals surface area contributed by atoms with Crippen LogP contribution in [0.4, 0.5) is 0 Å². The van der Waals surface area contributed by atoms with Crippen LogP contribution in [0.3, 0.4) is 0 Å². The minimum Gasteiger partial charge on any atom is -0.308 e. The maximum atomic E-state index is 4.46. The third-order valence-corrected chi connectivity index (χ3v) is 3.43. The van der Waals surface area contributed by atoms with E-state index in [1.165, 1.54) is 5.69 Å². The number of nitrogens with one attached hydrogen (secondary N) is 1. The van der Waals surface area contributed by atoms with E-state index in [0.717, 1.165) is 11.0 Å². The Balaban J connectivity index is 3.22. The monoisotopic (exact) mass is 301 g/mol. The van der Waals surface area contributed by atoms with Gasteiger partial charge in [-0.3, -0.25) is 4.68 Å². The first-order valence-corrected chi connectivity index (χ1v) is 7.04. The van der Waals surface area contributed by atoms with Crippen LogP contribution < -0.4 is 5.32 Å². The molecule has 0 aliphatic carbocycles. The molecule has 17 heavy (non-hydrogen) atoms. The van der Waals surface area contributed by atoms with Crippen molar-refractivity contribution in [2.24, 2.45) is 5.41 Å². The van der Waals surface area contributed by atoms with Crippen molar-refractivity contribution in [3.8, 4) is 0 Å². The summed E-state index contributed by atoms with van der Waals surface area (Å²) >= 11 is 3.63. The Morgan fingerprint density at radius 1 is 1.41 bits per heavy atom. The number of nitrogens with zero attached hydrogens (tertiary/aromatic N) is 2. The summed E-state index contributed by atoms with van der Waals surface area (Å²) in [5.41, 5.74) is 1.40. The average molecular weight is 302 g/mol. The van der Waals surface area contributed by atoms with Gasteiger partial charge in [-0.2, -0.15) is 5.10 Å². The maximum Gasteiger partial charge on any atom is 0.0704 e. The number of rotatable bonds is 4. The van der Waals surface area contributed by atoms with Gasteiger partial charge in [-0.05, 0) is 41.7 Å². The molecule has 0 spiro atoms. The summed E-state index contributed by atoms with van der Waals surface area (Å²) in [5.74, 6) is 0. The molecule has 0 amide bonds. The van der Waals surface area contributed by atoms with Crippen LogP contribution in [-0.2, 0) is 0 Å². The van der Waals surface area contributed by atoms with Gasteiger partial charge in [-0.15, -0.1) is 0 Å². The lowest BCUT2D eigenvalue weighted by molar-refractivity contribution is 0.257. The van der Waals surface area contributed by atoms with Gasteiger partial charge in [-0.1, -0.05) is 27.7 Å². The number of hydrogen-bond donors (Lipinski definition) is 1. The standard InChI is InChI=1S/C13H24BrN3/c1-7-15-12(13(4,5)6)11-10(14)8-16-17(11)9(2)3/h8-9,12,15H,7H2,1-6H3. The zero-order chi connectivity index (χ0) is 13.2. The van der Waals surface area contributed by atoms with Gasteiger partial charge >= 0.3 is 0 Å². The molecule has 98 valence electrons. The summed E-state index contributed by atoms with van der Waals surface area (Å²) in [5, 5.41) is 8.03. The largest absolute Gasteiger partial charge is 0.308 e. The van der Waals surface area contributed by atoms with E-state index in [1.807, 2.05) is 6.20 Å². The summed E-state index contributed by atoms with van der Waals surface area (Å²) in [6.45, 7) is 14.2. The fourth-order valence-electron chi connectivity index (χ4n) is 2.05. The van der Waals surface area contributed by atoms with Gasteiger partial charge in [-0.25, -0.2) is 0 Å². The highest BCUT2D eigenvalue weighted by Crippen LogP contribution is 2.37. The van der Waals surface area contributed by atoms with Gasteiger partial charge in [0.2, 0.25) is 0 Å². The Morgan fingerprint density at radius 3 is 2.41 bits per heavy atom. The Morgan fingerprint density at radius 2 is 2.00 bits per heavy atom.